The lowest BCUT2D eigenvalue weighted by Gasteiger charge is -2.11. The molecule has 0 unspecified atom stereocenters. The lowest BCUT2D eigenvalue weighted by molar-refractivity contribution is -0.137. The molecule has 20 heavy (non-hydrogen) atoms. The standard InChI is InChI=1S/C12H7Cl2F3N2S/c13-9-4-7(12(15,16)17)5-10(14)11(9)19-18-6-8-2-1-3-20-8/h1-6,19H/b18-6+. The minimum Gasteiger partial charge on any atom is -0.275 e. The van der Waals surface area contributed by atoms with Crippen molar-refractivity contribution in [1.29, 1.82) is 0 Å². The summed E-state index contributed by atoms with van der Waals surface area (Å²) in [5.74, 6) is 0. The molecule has 1 aromatic heterocycles. The van der Waals surface area contributed by atoms with Crippen molar-refractivity contribution in [1.82, 2.24) is 0 Å². The molecule has 1 heterocycles. The summed E-state index contributed by atoms with van der Waals surface area (Å²) in [6.07, 6.45) is -2.97. The number of thiophene rings is 1. The highest BCUT2D eigenvalue weighted by Gasteiger charge is 2.31. The van der Waals surface area contributed by atoms with Gasteiger partial charge in [-0.2, -0.15) is 18.3 Å². The van der Waals surface area contributed by atoms with Crippen molar-refractivity contribution in [3.63, 3.8) is 0 Å². The molecule has 0 radical (unpaired) electrons. The van der Waals surface area contributed by atoms with Gasteiger partial charge < -0.3 is 0 Å². The fraction of sp³-hybridized carbons (Fsp3) is 0.0833. The van der Waals surface area contributed by atoms with Gasteiger partial charge in [-0.1, -0.05) is 29.3 Å². The molecular formula is C12H7Cl2F3N2S. The van der Waals surface area contributed by atoms with Gasteiger partial charge in [0, 0.05) is 4.88 Å². The number of nitrogens with zero attached hydrogens (tertiary/aromatic N) is 1. The Morgan fingerprint density at radius 3 is 2.35 bits per heavy atom. The van der Waals surface area contributed by atoms with Crippen molar-refractivity contribution in [2.75, 3.05) is 5.43 Å². The normalized spacial score (nSPS) is 12.1. The first-order valence-electron chi connectivity index (χ1n) is 5.27. The summed E-state index contributed by atoms with van der Waals surface area (Å²) >= 11 is 13.0. The molecule has 0 fully saturated rings. The van der Waals surface area contributed by atoms with Gasteiger partial charge in [-0.05, 0) is 23.6 Å². The Kier molecular flexibility index (Phi) is 4.57. The fourth-order valence-corrected chi connectivity index (χ4v) is 2.53. The zero-order valence-corrected chi connectivity index (χ0v) is 12.0. The Hall–Kier alpha value is -1.24. The maximum absolute atomic E-state index is 12.6. The van der Waals surface area contributed by atoms with Crippen LogP contribution in [0.4, 0.5) is 18.9 Å². The van der Waals surface area contributed by atoms with Crippen molar-refractivity contribution in [2.24, 2.45) is 5.10 Å². The van der Waals surface area contributed by atoms with E-state index < -0.39 is 11.7 Å². The van der Waals surface area contributed by atoms with Gasteiger partial charge in [-0.25, -0.2) is 0 Å². The number of hydrogen-bond donors (Lipinski definition) is 1. The molecule has 1 aromatic carbocycles. The van der Waals surface area contributed by atoms with Crippen LogP contribution >= 0.6 is 34.5 Å². The van der Waals surface area contributed by atoms with Crippen LogP contribution in [-0.4, -0.2) is 6.21 Å². The predicted molar refractivity (Wildman–Crippen MR) is 77.0 cm³/mol. The number of benzene rings is 1. The van der Waals surface area contributed by atoms with Crippen molar-refractivity contribution in [2.45, 2.75) is 6.18 Å². The zero-order chi connectivity index (χ0) is 14.8. The maximum Gasteiger partial charge on any atom is 0.416 e. The van der Waals surface area contributed by atoms with E-state index in [4.69, 9.17) is 23.2 Å². The summed E-state index contributed by atoms with van der Waals surface area (Å²) in [5, 5.41) is 5.47. The van der Waals surface area contributed by atoms with Gasteiger partial charge in [-0.3, -0.25) is 5.43 Å². The van der Waals surface area contributed by atoms with E-state index in [0.29, 0.717) is 0 Å². The number of anilines is 1. The van der Waals surface area contributed by atoms with Crippen LogP contribution < -0.4 is 5.43 Å². The van der Waals surface area contributed by atoms with Crippen molar-refractivity contribution in [3.05, 3.63) is 50.1 Å². The number of nitrogens with one attached hydrogen (secondary N) is 1. The van der Waals surface area contributed by atoms with E-state index in [1.165, 1.54) is 17.6 Å². The molecule has 0 bridgehead atoms. The molecule has 0 atom stereocenters. The largest absolute Gasteiger partial charge is 0.416 e. The Labute approximate surface area is 126 Å². The number of alkyl halides is 3. The lowest BCUT2D eigenvalue weighted by atomic mass is 10.2. The molecule has 0 spiro atoms. The van der Waals surface area contributed by atoms with E-state index in [1.54, 1.807) is 0 Å². The van der Waals surface area contributed by atoms with Crippen LogP contribution in [0, 0.1) is 0 Å². The Balaban J connectivity index is 2.21. The summed E-state index contributed by atoms with van der Waals surface area (Å²) < 4.78 is 37.7. The van der Waals surface area contributed by atoms with Gasteiger partial charge in [0.1, 0.15) is 0 Å². The summed E-state index contributed by atoms with van der Waals surface area (Å²) in [4.78, 5) is 0.886. The molecule has 2 rings (SSSR count). The molecule has 1 N–H and O–H groups in total. The van der Waals surface area contributed by atoms with E-state index in [0.717, 1.165) is 17.0 Å². The molecule has 0 saturated heterocycles. The molecule has 2 aromatic rings. The first-order chi connectivity index (χ1) is 9.38. The first-order valence-corrected chi connectivity index (χ1v) is 6.90. The molecule has 8 heteroatoms. The van der Waals surface area contributed by atoms with Gasteiger partial charge in [0.15, 0.2) is 0 Å². The summed E-state index contributed by atoms with van der Waals surface area (Å²) in [7, 11) is 0. The van der Waals surface area contributed by atoms with E-state index in [9.17, 15) is 13.2 Å². The minimum absolute atomic E-state index is 0.133. The Morgan fingerprint density at radius 1 is 1.20 bits per heavy atom. The average molecular weight is 339 g/mol. The Bertz CT molecular complexity index is 601. The molecule has 2 nitrogen and oxygen atoms in total. The lowest BCUT2D eigenvalue weighted by Crippen LogP contribution is -2.05. The van der Waals surface area contributed by atoms with Crippen LogP contribution in [0.5, 0.6) is 0 Å². The molecule has 0 aliphatic heterocycles. The van der Waals surface area contributed by atoms with Gasteiger partial charge in [0.2, 0.25) is 0 Å². The highest BCUT2D eigenvalue weighted by atomic mass is 35.5. The van der Waals surface area contributed by atoms with Crippen molar-refractivity contribution >= 4 is 46.4 Å². The second-order valence-corrected chi connectivity index (χ2v) is 5.49. The Morgan fingerprint density at radius 2 is 1.85 bits per heavy atom. The minimum atomic E-state index is -4.49. The van der Waals surface area contributed by atoms with E-state index in [2.05, 4.69) is 10.5 Å². The molecule has 0 amide bonds. The number of hydrazone groups is 1. The van der Waals surface area contributed by atoms with Crippen molar-refractivity contribution < 1.29 is 13.2 Å². The quantitative estimate of drug-likeness (QED) is 0.578. The van der Waals surface area contributed by atoms with Crippen LogP contribution in [0.15, 0.2) is 34.7 Å². The SMILES string of the molecule is FC(F)(F)c1cc(Cl)c(N/N=C/c2cccs2)c(Cl)c1. The number of hydrogen-bond acceptors (Lipinski definition) is 3. The van der Waals surface area contributed by atoms with Gasteiger partial charge in [-0.15, -0.1) is 11.3 Å². The van der Waals surface area contributed by atoms with Crippen LogP contribution in [0.25, 0.3) is 0 Å². The topological polar surface area (TPSA) is 24.4 Å². The molecular weight excluding hydrogens is 332 g/mol. The smallest absolute Gasteiger partial charge is 0.275 e. The van der Waals surface area contributed by atoms with E-state index in [-0.39, 0.29) is 15.7 Å². The third-order valence-corrected chi connectivity index (χ3v) is 3.68. The summed E-state index contributed by atoms with van der Waals surface area (Å²) in [6.45, 7) is 0. The number of rotatable bonds is 3. The second-order valence-electron chi connectivity index (χ2n) is 3.70. The third kappa shape index (κ3) is 3.65. The van der Waals surface area contributed by atoms with E-state index >= 15 is 0 Å². The van der Waals surface area contributed by atoms with Crippen LogP contribution in [0.3, 0.4) is 0 Å². The third-order valence-electron chi connectivity index (χ3n) is 2.28. The van der Waals surface area contributed by atoms with Gasteiger partial charge in [0.05, 0.1) is 27.5 Å². The van der Waals surface area contributed by atoms with E-state index in [1.807, 2.05) is 17.5 Å². The monoisotopic (exact) mass is 338 g/mol. The zero-order valence-electron chi connectivity index (χ0n) is 9.71. The maximum atomic E-state index is 12.6. The average Bonchev–Trinajstić information content (AvgIpc) is 2.84. The molecule has 0 aliphatic rings. The molecule has 0 saturated carbocycles. The highest BCUT2D eigenvalue weighted by molar-refractivity contribution is 7.11. The van der Waals surface area contributed by atoms with Crippen LogP contribution in [-0.2, 0) is 6.18 Å². The van der Waals surface area contributed by atoms with Crippen LogP contribution in [0.2, 0.25) is 10.0 Å². The number of halogens is 5. The van der Waals surface area contributed by atoms with Crippen LogP contribution in [0.1, 0.15) is 10.4 Å². The summed E-state index contributed by atoms with van der Waals surface area (Å²) in [6, 6.07) is 5.29. The molecule has 106 valence electrons. The van der Waals surface area contributed by atoms with Gasteiger partial charge in [0.25, 0.3) is 0 Å². The summed E-state index contributed by atoms with van der Waals surface area (Å²) in [5.41, 5.74) is 1.77. The highest BCUT2D eigenvalue weighted by Crippen LogP contribution is 2.38. The second kappa shape index (κ2) is 6.03. The first kappa shape index (κ1) is 15.2. The van der Waals surface area contributed by atoms with Crippen molar-refractivity contribution in [3.8, 4) is 0 Å². The molecule has 0 aliphatic carbocycles. The fourth-order valence-electron chi connectivity index (χ4n) is 1.37. The van der Waals surface area contributed by atoms with Gasteiger partial charge >= 0.3 is 6.18 Å². The predicted octanol–water partition coefficient (Wildman–Crippen LogP) is 5.52.